The van der Waals surface area contributed by atoms with Gasteiger partial charge in [0.25, 0.3) is 5.91 Å². The van der Waals surface area contributed by atoms with Crippen LogP contribution in [0.1, 0.15) is 28.9 Å². The van der Waals surface area contributed by atoms with Gasteiger partial charge in [0.1, 0.15) is 5.25 Å². The Labute approximate surface area is 148 Å². The van der Waals surface area contributed by atoms with Gasteiger partial charge in [-0.15, -0.1) is 0 Å². The number of nitrogens with zero attached hydrogens (tertiary/aromatic N) is 3. The van der Waals surface area contributed by atoms with E-state index in [9.17, 15) is 13.2 Å². The summed E-state index contributed by atoms with van der Waals surface area (Å²) in [6.07, 6.45) is 3.33. The lowest BCUT2D eigenvalue weighted by molar-refractivity contribution is 0.0655. The van der Waals surface area contributed by atoms with Gasteiger partial charge in [-0.05, 0) is 30.7 Å². The van der Waals surface area contributed by atoms with Crippen molar-refractivity contribution in [3.05, 3.63) is 66.0 Å². The largest absolute Gasteiger partial charge is 0.336 e. The highest BCUT2D eigenvalue weighted by molar-refractivity contribution is 7.89. The summed E-state index contributed by atoms with van der Waals surface area (Å²) in [6, 6.07) is 12.2. The molecule has 1 aromatic carbocycles. The van der Waals surface area contributed by atoms with E-state index in [0.29, 0.717) is 5.56 Å². The summed E-state index contributed by atoms with van der Waals surface area (Å²) >= 11 is 0. The maximum absolute atomic E-state index is 12.8. The molecule has 2 heterocycles. The smallest absolute Gasteiger partial charge is 0.253 e. The van der Waals surface area contributed by atoms with Crippen LogP contribution in [0, 0.1) is 0 Å². The van der Waals surface area contributed by atoms with Crippen LogP contribution in [0.2, 0.25) is 0 Å². The maximum Gasteiger partial charge on any atom is 0.253 e. The predicted octanol–water partition coefficient (Wildman–Crippen LogP) is 1.93. The standard InChI is InChI=1S/C18H21N3O3S/c1-14(16-9-6-10-19-11-16)20(2)25(23,24)17-12-21(13-17)18(22)15-7-4-3-5-8-15/h3-11,14,17H,12-13H2,1-2H3/t14-/m0/s1. The molecule has 1 aliphatic heterocycles. The van der Waals surface area contributed by atoms with Gasteiger partial charge >= 0.3 is 0 Å². The van der Waals surface area contributed by atoms with Crippen LogP contribution >= 0.6 is 0 Å². The van der Waals surface area contributed by atoms with E-state index in [-0.39, 0.29) is 25.0 Å². The molecule has 1 amide bonds. The van der Waals surface area contributed by atoms with Crippen molar-refractivity contribution < 1.29 is 13.2 Å². The number of sulfonamides is 1. The summed E-state index contributed by atoms with van der Waals surface area (Å²) in [6.45, 7) is 2.28. The number of carbonyl (C=O) groups is 1. The van der Waals surface area contributed by atoms with Crippen LogP contribution in [0.3, 0.4) is 0 Å². The average Bonchev–Trinajstić information content (AvgIpc) is 2.60. The normalized spacial score (nSPS) is 16.5. The lowest BCUT2D eigenvalue weighted by Crippen LogP contribution is -2.59. The Morgan fingerprint density at radius 3 is 2.48 bits per heavy atom. The van der Waals surface area contributed by atoms with Gasteiger partial charge in [-0.3, -0.25) is 9.78 Å². The number of benzene rings is 1. The molecule has 1 atom stereocenters. The summed E-state index contributed by atoms with van der Waals surface area (Å²) in [4.78, 5) is 17.9. The van der Waals surface area contributed by atoms with Crippen molar-refractivity contribution in [3.63, 3.8) is 0 Å². The molecule has 1 aliphatic rings. The fraction of sp³-hybridized carbons (Fsp3) is 0.333. The van der Waals surface area contributed by atoms with Crippen LogP contribution in [0.25, 0.3) is 0 Å². The lowest BCUT2D eigenvalue weighted by atomic mass is 10.1. The highest BCUT2D eigenvalue weighted by Crippen LogP contribution is 2.27. The van der Waals surface area contributed by atoms with Crippen molar-refractivity contribution in [2.24, 2.45) is 0 Å². The third-order valence-electron chi connectivity index (χ3n) is 4.69. The first kappa shape index (κ1) is 17.6. The zero-order valence-electron chi connectivity index (χ0n) is 14.2. The van der Waals surface area contributed by atoms with E-state index in [0.717, 1.165) is 5.56 Å². The van der Waals surface area contributed by atoms with Crippen LogP contribution in [0.4, 0.5) is 0 Å². The first-order valence-electron chi connectivity index (χ1n) is 8.12. The Bertz CT molecular complexity index is 834. The lowest BCUT2D eigenvalue weighted by Gasteiger charge is -2.41. The number of hydrogen-bond donors (Lipinski definition) is 0. The third-order valence-corrected chi connectivity index (χ3v) is 6.95. The van der Waals surface area contributed by atoms with Crippen LogP contribution in [-0.2, 0) is 10.0 Å². The highest BCUT2D eigenvalue weighted by atomic mass is 32.2. The second-order valence-electron chi connectivity index (χ2n) is 6.22. The summed E-state index contributed by atoms with van der Waals surface area (Å²) in [5.74, 6) is -0.130. The van der Waals surface area contributed by atoms with Crippen molar-refractivity contribution >= 4 is 15.9 Å². The molecule has 0 N–H and O–H groups in total. The Morgan fingerprint density at radius 1 is 1.20 bits per heavy atom. The van der Waals surface area contributed by atoms with Crippen LogP contribution < -0.4 is 0 Å². The molecule has 6 nitrogen and oxygen atoms in total. The SMILES string of the molecule is C[C@@H](c1cccnc1)N(C)S(=O)(=O)C1CN(C(=O)c2ccccc2)C1. The van der Waals surface area contributed by atoms with Gasteiger partial charge in [-0.1, -0.05) is 24.3 Å². The fourth-order valence-corrected chi connectivity index (χ4v) is 4.61. The van der Waals surface area contributed by atoms with E-state index in [2.05, 4.69) is 4.98 Å². The average molecular weight is 359 g/mol. The van der Waals surface area contributed by atoms with Gasteiger partial charge in [-0.2, -0.15) is 4.31 Å². The fourth-order valence-electron chi connectivity index (χ4n) is 2.84. The Kier molecular flexibility index (Phi) is 4.87. The van der Waals surface area contributed by atoms with Gasteiger partial charge in [-0.25, -0.2) is 8.42 Å². The molecule has 7 heteroatoms. The van der Waals surface area contributed by atoms with Crippen LogP contribution in [0.15, 0.2) is 54.9 Å². The molecule has 0 bridgehead atoms. The zero-order chi connectivity index (χ0) is 18.0. The van der Waals surface area contributed by atoms with Gasteiger partial charge < -0.3 is 4.90 Å². The third kappa shape index (κ3) is 3.43. The number of rotatable bonds is 5. The predicted molar refractivity (Wildman–Crippen MR) is 95.5 cm³/mol. The van der Waals surface area contributed by atoms with Crippen molar-refractivity contribution in [2.75, 3.05) is 20.1 Å². The van der Waals surface area contributed by atoms with Crippen LogP contribution in [-0.4, -0.2) is 53.9 Å². The minimum absolute atomic E-state index is 0.130. The molecule has 25 heavy (non-hydrogen) atoms. The van der Waals surface area contributed by atoms with Crippen LogP contribution in [0.5, 0.6) is 0 Å². The van der Waals surface area contributed by atoms with Gasteiger partial charge in [0.05, 0.1) is 0 Å². The maximum atomic E-state index is 12.8. The monoisotopic (exact) mass is 359 g/mol. The molecule has 1 aromatic heterocycles. The quantitative estimate of drug-likeness (QED) is 0.818. The Morgan fingerprint density at radius 2 is 1.88 bits per heavy atom. The topological polar surface area (TPSA) is 70.6 Å². The molecule has 2 aromatic rings. The van der Waals surface area contributed by atoms with E-state index >= 15 is 0 Å². The molecule has 0 spiro atoms. The number of likely N-dealkylation sites (tertiary alicyclic amines) is 1. The summed E-state index contributed by atoms with van der Waals surface area (Å²) in [5.41, 5.74) is 1.42. The van der Waals surface area contributed by atoms with E-state index < -0.39 is 15.3 Å². The second kappa shape index (κ2) is 6.93. The number of pyridine rings is 1. The van der Waals surface area contributed by atoms with Crippen molar-refractivity contribution in [2.45, 2.75) is 18.2 Å². The number of aromatic nitrogens is 1. The summed E-state index contributed by atoms with van der Waals surface area (Å²) in [5, 5.41) is -0.565. The number of carbonyl (C=O) groups excluding carboxylic acids is 1. The minimum Gasteiger partial charge on any atom is -0.336 e. The number of amides is 1. The number of hydrogen-bond acceptors (Lipinski definition) is 4. The zero-order valence-corrected chi connectivity index (χ0v) is 15.1. The molecule has 1 fully saturated rings. The summed E-state index contributed by atoms with van der Waals surface area (Å²) in [7, 11) is -1.91. The van der Waals surface area contributed by atoms with E-state index in [1.54, 1.807) is 54.7 Å². The minimum atomic E-state index is -3.49. The Hall–Kier alpha value is -2.25. The molecule has 0 unspecified atom stereocenters. The summed E-state index contributed by atoms with van der Waals surface area (Å²) < 4.78 is 27.0. The first-order chi connectivity index (χ1) is 11.9. The van der Waals surface area contributed by atoms with Crippen molar-refractivity contribution in [1.82, 2.24) is 14.2 Å². The van der Waals surface area contributed by atoms with Gasteiger partial charge in [0.2, 0.25) is 10.0 Å². The first-order valence-corrected chi connectivity index (χ1v) is 9.62. The molecule has 0 saturated carbocycles. The van der Waals surface area contributed by atoms with Crippen molar-refractivity contribution in [1.29, 1.82) is 0 Å². The molecule has 3 rings (SSSR count). The molecular formula is C18H21N3O3S. The molecule has 0 aliphatic carbocycles. The molecule has 0 radical (unpaired) electrons. The molecule has 1 saturated heterocycles. The highest BCUT2D eigenvalue weighted by Gasteiger charge is 2.43. The van der Waals surface area contributed by atoms with E-state index in [1.165, 1.54) is 4.31 Å². The van der Waals surface area contributed by atoms with Gasteiger partial charge in [0.15, 0.2) is 0 Å². The van der Waals surface area contributed by atoms with Gasteiger partial charge in [0, 0.05) is 44.1 Å². The van der Waals surface area contributed by atoms with E-state index in [1.807, 2.05) is 19.1 Å². The molecular weight excluding hydrogens is 338 g/mol. The molecule has 132 valence electrons. The second-order valence-corrected chi connectivity index (χ2v) is 8.49. The Balaban J connectivity index is 1.66. The van der Waals surface area contributed by atoms with Crippen molar-refractivity contribution in [3.8, 4) is 0 Å². The van der Waals surface area contributed by atoms with E-state index in [4.69, 9.17) is 0 Å².